The first-order valence-corrected chi connectivity index (χ1v) is 7.90. The molecule has 2 heterocycles. The first kappa shape index (κ1) is 13.7. The maximum absolute atomic E-state index is 12.5. The van der Waals surface area contributed by atoms with Gasteiger partial charge in [-0.3, -0.25) is 0 Å². The number of sulfonamides is 1. The maximum atomic E-state index is 12.5. The zero-order valence-corrected chi connectivity index (χ0v) is 12.4. The molecule has 0 N–H and O–H groups in total. The summed E-state index contributed by atoms with van der Waals surface area (Å²) in [6, 6.07) is 6.60. The number of fused-ring (bicyclic) bond motifs is 1. The summed E-state index contributed by atoms with van der Waals surface area (Å²) in [5.41, 5.74) is 0.433. The Morgan fingerprint density at radius 3 is 2.71 bits per heavy atom. The average Bonchev–Trinajstić information content (AvgIpc) is 2.91. The van der Waals surface area contributed by atoms with E-state index in [2.05, 4.69) is 15.2 Å². The first-order valence-electron chi connectivity index (χ1n) is 6.46. The Morgan fingerprint density at radius 1 is 1.24 bits per heavy atom. The van der Waals surface area contributed by atoms with Crippen molar-refractivity contribution >= 4 is 22.0 Å². The Hall–Kier alpha value is -2.22. The van der Waals surface area contributed by atoms with Gasteiger partial charge in [-0.2, -0.15) is 0 Å². The van der Waals surface area contributed by atoms with Gasteiger partial charge in [-0.25, -0.2) is 17.7 Å². The van der Waals surface area contributed by atoms with E-state index >= 15 is 0 Å². The van der Waals surface area contributed by atoms with E-state index in [9.17, 15) is 8.42 Å². The van der Waals surface area contributed by atoms with E-state index in [-0.39, 0.29) is 23.2 Å². The fourth-order valence-electron chi connectivity index (χ4n) is 1.92. The minimum atomic E-state index is -3.64. The standard InChI is InChI=1S/C13H14N4O3S/c1-9(2)13-16-15-12(20-13)7-17-8-14-10-5-3-4-6-11(10)21(17,18)19/h3-6,8-9H,7H2,1-2H3. The van der Waals surface area contributed by atoms with Gasteiger partial charge in [-0.05, 0) is 12.1 Å². The molecular formula is C13H14N4O3S. The Morgan fingerprint density at radius 2 is 2.00 bits per heavy atom. The number of aliphatic imine (C=N–C) groups is 1. The number of hydrogen-bond donors (Lipinski definition) is 0. The third-order valence-electron chi connectivity index (χ3n) is 3.04. The Bertz CT molecular complexity index is 795. The van der Waals surface area contributed by atoms with Crippen LogP contribution in [0, 0.1) is 0 Å². The molecule has 0 amide bonds. The van der Waals surface area contributed by atoms with Gasteiger partial charge in [0.25, 0.3) is 10.0 Å². The van der Waals surface area contributed by atoms with E-state index in [0.29, 0.717) is 11.6 Å². The third kappa shape index (κ3) is 2.42. The highest BCUT2D eigenvalue weighted by atomic mass is 32.2. The summed E-state index contributed by atoms with van der Waals surface area (Å²) >= 11 is 0. The lowest BCUT2D eigenvalue weighted by Gasteiger charge is -2.22. The van der Waals surface area contributed by atoms with Crippen LogP contribution in [0.5, 0.6) is 0 Å². The molecule has 0 bridgehead atoms. The molecule has 1 aromatic heterocycles. The van der Waals surface area contributed by atoms with Gasteiger partial charge < -0.3 is 4.42 Å². The lowest BCUT2D eigenvalue weighted by molar-refractivity contribution is 0.399. The van der Waals surface area contributed by atoms with Crippen molar-refractivity contribution in [1.82, 2.24) is 14.5 Å². The van der Waals surface area contributed by atoms with E-state index < -0.39 is 10.0 Å². The largest absolute Gasteiger partial charge is 0.423 e. The van der Waals surface area contributed by atoms with E-state index in [4.69, 9.17) is 4.42 Å². The van der Waals surface area contributed by atoms with E-state index in [1.165, 1.54) is 12.4 Å². The van der Waals surface area contributed by atoms with E-state index in [0.717, 1.165) is 4.31 Å². The maximum Gasteiger partial charge on any atom is 0.267 e. The molecule has 0 spiro atoms. The third-order valence-corrected chi connectivity index (χ3v) is 4.79. The molecule has 0 radical (unpaired) electrons. The van der Waals surface area contributed by atoms with Crippen LogP contribution in [-0.4, -0.2) is 29.3 Å². The van der Waals surface area contributed by atoms with Crippen LogP contribution in [0.4, 0.5) is 5.69 Å². The second kappa shape index (κ2) is 4.96. The number of nitrogens with zero attached hydrogens (tertiary/aromatic N) is 4. The molecule has 21 heavy (non-hydrogen) atoms. The summed E-state index contributed by atoms with van der Waals surface area (Å²) in [5, 5.41) is 7.76. The molecule has 1 aromatic carbocycles. The monoisotopic (exact) mass is 306 g/mol. The lowest BCUT2D eigenvalue weighted by atomic mass is 10.2. The molecule has 2 aromatic rings. The highest BCUT2D eigenvalue weighted by Gasteiger charge is 2.29. The molecule has 0 atom stereocenters. The normalized spacial score (nSPS) is 16.2. The number of benzene rings is 1. The van der Waals surface area contributed by atoms with Gasteiger partial charge in [0.15, 0.2) is 0 Å². The van der Waals surface area contributed by atoms with Gasteiger partial charge in [0.05, 0.1) is 5.69 Å². The first-order chi connectivity index (χ1) is 9.98. The molecule has 8 heteroatoms. The average molecular weight is 306 g/mol. The summed E-state index contributed by atoms with van der Waals surface area (Å²) < 4.78 is 31.5. The molecule has 0 fully saturated rings. The number of rotatable bonds is 3. The van der Waals surface area contributed by atoms with Gasteiger partial charge in [0.2, 0.25) is 11.8 Å². The molecule has 7 nitrogen and oxygen atoms in total. The number of para-hydroxylation sites is 1. The van der Waals surface area contributed by atoms with Crippen molar-refractivity contribution in [2.75, 3.05) is 0 Å². The van der Waals surface area contributed by atoms with E-state index in [1.54, 1.807) is 18.2 Å². The SMILES string of the molecule is CC(C)c1nnc(CN2C=Nc3ccccc3S2(=O)=O)o1. The summed E-state index contributed by atoms with van der Waals surface area (Å²) in [7, 11) is -3.64. The Labute approximate surface area is 122 Å². The van der Waals surface area contributed by atoms with Gasteiger partial charge >= 0.3 is 0 Å². The summed E-state index contributed by atoms with van der Waals surface area (Å²) in [5.74, 6) is 0.823. The van der Waals surface area contributed by atoms with Crippen molar-refractivity contribution in [2.24, 2.45) is 4.99 Å². The molecular weight excluding hydrogens is 292 g/mol. The predicted molar refractivity (Wildman–Crippen MR) is 75.7 cm³/mol. The van der Waals surface area contributed by atoms with Gasteiger partial charge in [0.1, 0.15) is 17.8 Å². The highest BCUT2D eigenvalue weighted by molar-refractivity contribution is 7.89. The highest BCUT2D eigenvalue weighted by Crippen LogP contribution is 2.30. The van der Waals surface area contributed by atoms with Crippen molar-refractivity contribution in [2.45, 2.75) is 31.2 Å². The fourth-order valence-corrected chi connectivity index (χ4v) is 3.26. The molecule has 1 aliphatic heterocycles. The van der Waals surface area contributed by atoms with Crippen molar-refractivity contribution in [3.63, 3.8) is 0 Å². The summed E-state index contributed by atoms with van der Waals surface area (Å²) in [6.07, 6.45) is 1.27. The Kier molecular flexibility index (Phi) is 3.25. The summed E-state index contributed by atoms with van der Waals surface area (Å²) in [4.78, 5) is 4.32. The molecule has 1 aliphatic rings. The molecule has 0 saturated carbocycles. The second-order valence-electron chi connectivity index (χ2n) is 4.95. The van der Waals surface area contributed by atoms with E-state index in [1.807, 2.05) is 13.8 Å². The zero-order chi connectivity index (χ0) is 15.0. The van der Waals surface area contributed by atoms with Crippen LogP contribution in [0.2, 0.25) is 0 Å². The second-order valence-corrected chi connectivity index (χ2v) is 6.81. The molecule has 110 valence electrons. The zero-order valence-electron chi connectivity index (χ0n) is 11.6. The quantitative estimate of drug-likeness (QED) is 0.866. The van der Waals surface area contributed by atoms with Crippen LogP contribution >= 0.6 is 0 Å². The molecule has 0 saturated heterocycles. The van der Waals surface area contributed by atoms with Crippen LogP contribution in [0.1, 0.15) is 31.5 Å². The lowest BCUT2D eigenvalue weighted by Crippen LogP contribution is -2.31. The van der Waals surface area contributed by atoms with Crippen molar-refractivity contribution in [1.29, 1.82) is 0 Å². The van der Waals surface area contributed by atoms with Gasteiger partial charge in [-0.1, -0.05) is 26.0 Å². The van der Waals surface area contributed by atoms with Crippen molar-refractivity contribution in [3.8, 4) is 0 Å². The van der Waals surface area contributed by atoms with Crippen molar-refractivity contribution in [3.05, 3.63) is 36.0 Å². The minimum absolute atomic E-state index is 0.0279. The molecule has 0 aliphatic carbocycles. The predicted octanol–water partition coefficient (Wildman–Crippen LogP) is 2.06. The van der Waals surface area contributed by atoms with Crippen LogP contribution in [-0.2, 0) is 16.6 Å². The fraction of sp³-hybridized carbons (Fsp3) is 0.308. The van der Waals surface area contributed by atoms with Crippen LogP contribution in [0.15, 0.2) is 38.6 Å². The van der Waals surface area contributed by atoms with Gasteiger partial charge in [0, 0.05) is 5.92 Å². The molecule has 0 unspecified atom stereocenters. The van der Waals surface area contributed by atoms with Gasteiger partial charge in [-0.15, -0.1) is 10.2 Å². The molecule has 3 rings (SSSR count). The summed E-state index contributed by atoms with van der Waals surface area (Å²) in [6.45, 7) is 3.82. The van der Waals surface area contributed by atoms with Crippen molar-refractivity contribution < 1.29 is 12.8 Å². The number of hydrogen-bond acceptors (Lipinski definition) is 6. The number of aromatic nitrogens is 2. The smallest absolute Gasteiger partial charge is 0.267 e. The van der Waals surface area contributed by atoms with Crippen LogP contribution in [0.3, 0.4) is 0 Å². The topological polar surface area (TPSA) is 88.7 Å². The minimum Gasteiger partial charge on any atom is -0.423 e. The van der Waals surface area contributed by atoms with Crippen LogP contribution < -0.4 is 0 Å². The van der Waals surface area contributed by atoms with Crippen LogP contribution in [0.25, 0.3) is 0 Å². The Balaban J connectivity index is 1.91.